The Hall–Kier alpha value is -2.96. The van der Waals surface area contributed by atoms with Crippen LogP contribution in [0.1, 0.15) is 54.9 Å². The van der Waals surface area contributed by atoms with Crippen LogP contribution in [0.3, 0.4) is 0 Å². The van der Waals surface area contributed by atoms with Crippen molar-refractivity contribution in [3.05, 3.63) is 35.5 Å². The summed E-state index contributed by atoms with van der Waals surface area (Å²) >= 11 is 0. The molecule has 7 nitrogen and oxygen atoms in total. The molecule has 1 aromatic carbocycles. The number of hydrogen-bond acceptors (Lipinski definition) is 5. The number of aromatic nitrogens is 1. The molecule has 0 radical (unpaired) electrons. The fourth-order valence-electron chi connectivity index (χ4n) is 4.69. The molecule has 4 rings (SSSR count). The second-order valence-electron chi connectivity index (χ2n) is 8.06. The molecule has 2 atom stereocenters. The standard InChI is InChI=1S/C23H26N2O5/c1-2-14-6-5-9-15-18(12-24-21(14)15)19(26)13-30-20(27)10-11-25-22(28)16-7-3-4-8-17(16)23(25)29/h5-6,9,12,16-17,24H,2-4,7-8,10-11,13H2,1H3/t16-,17-/m1/s1. The lowest BCUT2D eigenvalue weighted by atomic mass is 9.81. The van der Waals surface area contributed by atoms with Gasteiger partial charge in [0.15, 0.2) is 6.61 Å². The van der Waals surface area contributed by atoms with Gasteiger partial charge >= 0.3 is 5.97 Å². The molecule has 1 aliphatic heterocycles. The average Bonchev–Trinajstić information content (AvgIpc) is 3.30. The summed E-state index contributed by atoms with van der Waals surface area (Å²) in [6.45, 7) is 1.70. The minimum Gasteiger partial charge on any atom is -0.457 e. The molecule has 1 saturated heterocycles. The van der Waals surface area contributed by atoms with Crippen LogP contribution in [0.15, 0.2) is 24.4 Å². The van der Waals surface area contributed by atoms with Crippen LogP contribution in [0.25, 0.3) is 10.9 Å². The SMILES string of the molecule is CCc1cccc2c(C(=O)COC(=O)CCN3C(=O)[C@@H]4CCCC[C@H]4C3=O)c[nH]c12. The molecule has 1 saturated carbocycles. The van der Waals surface area contributed by atoms with Gasteiger partial charge in [-0.3, -0.25) is 24.1 Å². The first-order valence-corrected chi connectivity index (χ1v) is 10.6. The number of carbonyl (C=O) groups is 4. The monoisotopic (exact) mass is 410 g/mol. The van der Waals surface area contributed by atoms with Gasteiger partial charge < -0.3 is 9.72 Å². The summed E-state index contributed by atoms with van der Waals surface area (Å²) in [7, 11) is 0. The number of ketones is 1. The Labute approximate surface area is 174 Å². The zero-order valence-electron chi connectivity index (χ0n) is 17.1. The molecule has 0 unspecified atom stereocenters. The Balaban J connectivity index is 1.32. The summed E-state index contributed by atoms with van der Waals surface area (Å²) in [5, 5.41) is 0.811. The number of esters is 1. The van der Waals surface area contributed by atoms with Crippen molar-refractivity contribution in [1.29, 1.82) is 0 Å². The van der Waals surface area contributed by atoms with E-state index in [9.17, 15) is 19.2 Å². The van der Waals surface area contributed by atoms with Crippen LogP contribution in [0.5, 0.6) is 0 Å². The number of ether oxygens (including phenoxy) is 1. The average molecular weight is 410 g/mol. The Morgan fingerprint density at radius 1 is 1.13 bits per heavy atom. The van der Waals surface area contributed by atoms with Gasteiger partial charge in [-0.1, -0.05) is 38.0 Å². The van der Waals surface area contributed by atoms with Gasteiger partial charge in [0.2, 0.25) is 17.6 Å². The molecule has 1 aromatic heterocycles. The third-order valence-electron chi connectivity index (χ3n) is 6.32. The lowest BCUT2D eigenvalue weighted by Gasteiger charge is -2.19. The summed E-state index contributed by atoms with van der Waals surface area (Å²) in [5.74, 6) is -1.66. The van der Waals surface area contributed by atoms with E-state index in [4.69, 9.17) is 4.74 Å². The van der Waals surface area contributed by atoms with E-state index in [0.717, 1.165) is 48.6 Å². The van der Waals surface area contributed by atoms with Crippen molar-refractivity contribution in [2.24, 2.45) is 11.8 Å². The highest BCUT2D eigenvalue weighted by Crippen LogP contribution is 2.38. The van der Waals surface area contributed by atoms with Gasteiger partial charge in [-0.15, -0.1) is 0 Å². The molecule has 30 heavy (non-hydrogen) atoms. The third kappa shape index (κ3) is 3.64. The Kier molecular flexibility index (Phi) is 5.70. The second kappa shape index (κ2) is 8.42. The van der Waals surface area contributed by atoms with Crippen molar-refractivity contribution in [2.45, 2.75) is 45.4 Å². The predicted molar refractivity (Wildman–Crippen MR) is 110 cm³/mol. The molecule has 7 heteroatoms. The van der Waals surface area contributed by atoms with Gasteiger partial charge in [0.25, 0.3) is 0 Å². The molecule has 2 fully saturated rings. The predicted octanol–water partition coefficient (Wildman–Crippen LogP) is 3.02. The van der Waals surface area contributed by atoms with Crippen molar-refractivity contribution in [1.82, 2.24) is 9.88 Å². The largest absolute Gasteiger partial charge is 0.457 e. The van der Waals surface area contributed by atoms with Crippen LogP contribution in [0, 0.1) is 11.8 Å². The highest BCUT2D eigenvalue weighted by molar-refractivity contribution is 6.09. The molecule has 0 spiro atoms. The number of para-hydroxylation sites is 1. The van der Waals surface area contributed by atoms with Gasteiger partial charge in [0, 0.05) is 29.2 Å². The van der Waals surface area contributed by atoms with Gasteiger partial charge in [-0.2, -0.15) is 0 Å². The topological polar surface area (TPSA) is 96.5 Å². The molecule has 1 aliphatic carbocycles. The Morgan fingerprint density at radius 2 is 1.83 bits per heavy atom. The molecular formula is C23H26N2O5. The van der Waals surface area contributed by atoms with Crippen LogP contribution < -0.4 is 0 Å². The maximum atomic E-state index is 12.5. The summed E-state index contributed by atoms with van der Waals surface area (Å²) in [6, 6.07) is 5.77. The van der Waals surface area contributed by atoms with E-state index in [2.05, 4.69) is 4.98 Å². The van der Waals surface area contributed by atoms with E-state index in [1.807, 2.05) is 25.1 Å². The molecule has 2 amide bonds. The van der Waals surface area contributed by atoms with E-state index in [1.165, 1.54) is 4.90 Å². The van der Waals surface area contributed by atoms with E-state index < -0.39 is 5.97 Å². The number of rotatable bonds is 7. The summed E-state index contributed by atoms with van der Waals surface area (Å²) < 4.78 is 5.13. The molecule has 2 heterocycles. The first-order valence-electron chi connectivity index (χ1n) is 10.6. The number of benzene rings is 1. The van der Waals surface area contributed by atoms with Gasteiger partial charge in [-0.25, -0.2) is 0 Å². The van der Waals surface area contributed by atoms with Gasteiger partial charge in [0.05, 0.1) is 18.3 Å². The fourth-order valence-corrected chi connectivity index (χ4v) is 4.69. The molecular weight excluding hydrogens is 384 g/mol. The molecule has 2 aliphatic rings. The number of carbonyl (C=O) groups excluding carboxylic acids is 4. The van der Waals surface area contributed by atoms with E-state index in [1.54, 1.807) is 6.20 Å². The normalized spacial score (nSPS) is 21.2. The number of imide groups is 1. The van der Waals surface area contributed by atoms with Crippen molar-refractivity contribution in [2.75, 3.05) is 13.2 Å². The number of H-pyrrole nitrogens is 1. The number of likely N-dealkylation sites (tertiary alicyclic amines) is 1. The second-order valence-corrected chi connectivity index (χ2v) is 8.06. The van der Waals surface area contributed by atoms with Crippen molar-refractivity contribution >= 4 is 34.5 Å². The summed E-state index contributed by atoms with van der Waals surface area (Å²) in [6.07, 6.45) is 5.80. The Morgan fingerprint density at radius 3 is 2.50 bits per heavy atom. The van der Waals surface area contributed by atoms with Crippen LogP contribution in [-0.4, -0.2) is 46.6 Å². The Bertz CT molecular complexity index is 984. The van der Waals surface area contributed by atoms with Crippen molar-refractivity contribution < 1.29 is 23.9 Å². The first-order chi connectivity index (χ1) is 14.5. The number of hydrogen-bond donors (Lipinski definition) is 1. The van der Waals surface area contributed by atoms with Crippen LogP contribution in [0.4, 0.5) is 0 Å². The lowest BCUT2D eigenvalue weighted by molar-refractivity contribution is -0.145. The highest BCUT2D eigenvalue weighted by atomic mass is 16.5. The number of aryl methyl sites for hydroxylation is 1. The zero-order chi connectivity index (χ0) is 21.3. The van der Waals surface area contributed by atoms with E-state index >= 15 is 0 Å². The molecule has 1 N–H and O–H groups in total. The van der Waals surface area contributed by atoms with E-state index in [0.29, 0.717) is 5.56 Å². The number of aromatic amines is 1. The van der Waals surface area contributed by atoms with Crippen LogP contribution >= 0.6 is 0 Å². The minimum absolute atomic E-state index is 0.0185. The van der Waals surface area contributed by atoms with Crippen LogP contribution in [0.2, 0.25) is 0 Å². The summed E-state index contributed by atoms with van der Waals surface area (Å²) in [4.78, 5) is 53.9. The number of amides is 2. The third-order valence-corrected chi connectivity index (χ3v) is 6.32. The quantitative estimate of drug-likeness (QED) is 0.430. The summed E-state index contributed by atoms with van der Waals surface area (Å²) in [5.41, 5.74) is 2.52. The highest BCUT2D eigenvalue weighted by Gasteiger charge is 2.47. The smallest absolute Gasteiger partial charge is 0.308 e. The zero-order valence-corrected chi connectivity index (χ0v) is 17.1. The number of nitrogens with zero attached hydrogens (tertiary/aromatic N) is 1. The number of fused-ring (bicyclic) bond motifs is 2. The fraction of sp³-hybridized carbons (Fsp3) is 0.478. The van der Waals surface area contributed by atoms with Crippen molar-refractivity contribution in [3.63, 3.8) is 0 Å². The first kappa shape index (κ1) is 20.3. The number of Topliss-reactive ketones (excluding diaryl/α,β-unsaturated/α-hetero) is 1. The van der Waals surface area contributed by atoms with Gasteiger partial charge in [-0.05, 0) is 24.8 Å². The minimum atomic E-state index is -0.590. The molecule has 158 valence electrons. The maximum Gasteiger partial charge on any atom is 0.308 e. The number of nitrogens with one attached hydrogen (secondary N) is 1. The lowest BCUT2D eigenvalue weighted by Crippen LogP contribution is -2.33. The molecule has 0 bridgehead atoms. The van der Waals surface area contributed by atoms with E-state index in [-0.39, 0.29) is 49.0 Å². The van der Waals surface area contributed by atoms with Crippen molar-refractivity contribution in [3.8, 4) is 0 Å². The maximum absolute atomic E-state index is 12.5. The molecule has 2 aromatic rings. The van der Waals surface area contributed by atoms with Gasteiger partial charge in [0.1, 0.15) is 0 Å². The van der Waals surface area contributed by atoms with Crippen LogP contribution in [-0.2, 0) is 25.5 Å².